The standard InChI is InChI=1S/C25H30FN7O.C3H5N.H2/c1-5-30-12-18(13-30)31-14-22(15(2)3)33(25(31)34)23-8-9-32-24(29-23)20(11-28-32)17-6-7-19(16(4)27)21(26)10-17;4-3-1-2-3;/h6-11,15,18,22,27H,5,12-14H2,1-4H3;1-3H,4H2;1H/t22-;;/m1../s1. The Morgan fingerprint density at radius 2 is 1.95 bits per heavy atom. The van der Waals surface area contributed by atoms with Crippen molar-refractivity contribution in [3.05, 3.63) is 60.2 Å². The molecule has 4 heterocycles. The number of hydrogen-bond donors (Lipinski definition) is 2. The highest BCUT2D eigenvalue weighted by Gasteiger charge is 2.46. The molecule has 202 valence electrons. The first-order valence-electron chi connectivity index (χ1n) is 13.1. The second kappa shape index (κ2) is 10.3. The molecule has 3 aliphatic rings. The lowest BCUT2D eigenvalue weighted by atomic mass is 10.0. The number of nitrogens with one attached hydrogen (secondary N) is 1. The van der Waals surface area contributed by atoms with E-state index in [1.54, 1.807) is 36.0 Å². The SMILES string of the molecule is CCN1CC(N2C[C@H](C(C)C)N(c3ccn4ncc(-c5ccc(C(C)=N)c(F)c5)c4n3)C2=O)C1.NC1C=C1.[HH]. The molecular formula is C28H37FN8O. The number of likely N-dealkylation sites (tertiary alicyclic amines) is 1. The van der Waals surface area contributed by atoms with Crippen molar-refractivity contribution in [2.45, 2.75) is 45.8 Å². The van der Waals surface area contributed by atoms with Gasteiger partial charge in [0.05, 0.1) is 18.3 Å². The lowest BCUT2D eigenvalue weighted by Crippen LogP contribution is -2.59. The Bertz CT molecular complexity index is 1390. The molecule has 38 heavy (non-hydrogen) atoms. The van der Waals surface area contributed by atoms with Gasteiger partial charge < -0.3 is 16.0 Å². The van der Waals surface area contributed by atoms with Crippen molar-refractivity contribution in [3.8, 4) is 11.1 Å². The van der Waals surface area contributed by atoms with Gasteiger partial charge in [-0.25, -0.2) is 18.7 Å². The number of amides is 2. The van der Waals surface area contributed by atoms with Crippen LogP contribution in [0.25, 0.3) is 16.8 Å². The molecule has 0 bridgehead atoms. The zero-order valence-corrected chi connectivity index (χ0v) is 22.3. The van der Waals surface area contributed by atoms with Gasteiger partial charge in [-0.3, -0.25) is 9.80 Å². The molecule has 3 N–H and O–H groups in total. The van der Waals surface area contributed by atoms with Gasteiger partial charge in [-0.1, -0.05) is 39.0 Å². The van der Waals surface area contributed by atoms with Gasteiger partial charge in [-0.15, -0.1) is 0 Å². The van der Waals surface area contributed by atoms with Crippen LogP contribution >= 0.6 is 0 Å². The number of aromatic nitrogens is 3. The maximum absolute atomic E-state index is 14.6. The monoisotopic (exact) mass is 520 g/mol. The van der Waals surface area contributed by atoms with E-state index in [9.17, 15) is 9.18 Å². The predicted molar refractivity (Wildman–Crippen MR) is 149 cm³/mol. The van der Waals surface area contributed by atoms with Crippen LogP contribution in [-0.4, -0.2) is 80.4 Å². The summed E-state index contributed by atoms with van der Waals surface area (Å²) in [5.41, 5.74) is 7.43. The summed E-state index contributed by atoms with van der Waals surface area (Å²) in [6.07, 6.45) is 7.34. The molecule has 2 amide bonds. The zero-order chi connectivity index (χ0) is 27.1. The highest BCUT2D eigenvalue weighted by atomic mass is 19.1. The second-order valence-electron chi connectivity index (χ2n) is 10.5. The second-order valence-corrected chi connectivity index (χ2v) is 10.5. The smallest absolute Gasteiger partial charge is 0.321 e. The summed E-state index contributed by atoms with van der Waals surface area (Å²) >= 11 is 0. The van der Waals surface area contributed by atoms with Crippen molar-refractivity contribution >= 4 is 23.2 Å². The predicted octanol–water partition coefficient (Wildman–Crippen LogP) is 4.02. The number of carbonyl (C=O) groups excluding carboxylic acids is 1. The first-order chi connectivity index (χ1) is 18.2. The Morgan fingerprint density at radius 1 is 1.24 bits per heavy atom. The molecule has 6 rings (SSSR count). The van der Waals surface area contributed by atoms with E-state index in [4.69, 9.17) is 16.1 Å². The third kappa shape index (κ3) is 4.93. The van der Waals surface area contributed by atoms with E-state index in [2.05, 4.69) is 30.8 Å². The molecule has 9 nitrogen and oxygen atoms in total. The molecule has 1 aliphatic carbocycles. The highest BCUT2D eigenvalue weighted by molar-refractivity contribution is 5.97. The topological polar surface area (TPSA) is 107 Å². The van der Waals surface area contributed by atoms with Crippen molar-refractivity contribution < 1.29 is 10.6 Å². The number of anilines is 1. The molecule has 2 fully saturated rings. The van der Waals surface area contributed by atoms with Gasteiger partial charge in [0, 0.05) is 50.1 Å². The van der Waals surface area contributed by atoms with Crippen LogP contribution < -0.4 is 10.6 Å². The molecule has 0 spiro atoms. The minimum absolute atomic E-state index is 0. The fourth-order valence-electron chi connectivity index (χ4n) is 4.97. The highest BCUT2D eigenvalue weighted by Crippen LogP contribution is 2.32. The van der Waals surface area contributed by atoms with E-state index >= 15 is 0 Å². The molecule has 0 saturated carbocycles. The average Bonchev–Trinajstić information content (AvgIpc) is 3.40. The number of carbonyl (C=O) groups is 1. The van der Waals surface area contributed by atoms with Gasteiger partial charge >= 0.3 is 6.03 Å². The van der Waals surface area contributed by atoms with Crippen molar-refractivity contribution in [3.63, 3.8) is 0 Å². The number of benzene rings is 1. The summed E-state index contributed by atoms with van der Waals surface area (Å²) < 4.78 is 16.2. The molecule has 10 heteroatoms. The maximum atomic E-state index is 14.6. The quantitative estimate of drug-likeness (QED) is 0.377. The maximum Gasteiger partial charge on any atom is 0.326 e. The minimum atomic E-state index is -0.452. The number of fused-ring (bicyclic) bond motifs is 1. The van der Waals surface area contributed by atoms with E-state index < -0.39 is 5.82 Å². The number of halogens is 1. The van der Waals surface area contributed by atoms with Gasteiger partial charge in [0.25, 0.3) is 0 Å². The summed E-state index contributed by atoms with van der Waals surface area (Å²) in [4.78, 5) is 24.5. The number of hydrogen-bond acceptors (Lipinski definition) is 6. The molecule has 2 aliphatic heterocycles. The summed E-state index contributed by atoms with van der Waals surface area (Å²) in [7, 11) is 0. The lowest BCUT2D eigenvalue weighted by molar-refractivity contribution is 0.0672. The van der Waals surface area contributed by atoms with Crippen LogP contribution in [0.2, 0.25) is 0 Å². The third-order valence-corrected chi connectivity index (χ3v) is 7.46. The summed E-state index contributed by atoms with van der Waals surface area (Å²) in [6, 6.07) is 7.21. The zero-order valence-electron chi connectivity index (χ0n) is 22.3. The lowest BCUT2D eigenvalue weighted by Gasteiger charge is -2.43. The Labute approximate surface area is 223 Å². The minimum Gasteiger partial charge on any atom is -0.321 e. The Kier molecular flexibility index (Phi) is 7.02. The number of urea groups is 1. The van der Waals surface area contributed by atoms with Crippen LogP contribution in [0.15, 0.2) is 48.8 Å². The first-order valence-corrected chi connectivity index (χ1v) is 13.1. The normalized spacial score (nSPS) is 19.8. The largest absolute Gasteiger partial charge is 0.326 e. The summed E-state index contributed by atoms with van der Waals surface area (Å²) in [5.74, 6) is 0.400. The molecular weight excluding hydrogens is 483 g/mol. The van der Waals surface area contributed by atoms with Crippen LogP contribution in [0.3, 0.4) is 0 Å². The van der Waals surface area contributed by atoms with E-state index in [0.29, 0.717) is 35.2 Å². The van der Waals surface area contributed by atoms with E-state index in [0.717, 1.165) is 19.6 Å². The number of likely N-dealkylation sites (N-methyl/N-ethyl adjacent to an activating group) is 1. The molecule has 3 aromatic rings. The molecule has 1 atom stereocenters. The van der Waals surface area contributed by atoms with Gasteiger partial charge in [0.1, 0.15) is 11.6 Å². The fourth-order valence-corrected chi connectivity index (χ4v) is 4.97. The Morgan fingerprint density at radius 3 is 2.53 bits per heavy atom. The van der Waals surface area contributed by atoms with Crippen LogP contribution in [0.4, 0.5) is 15.0 Å². The molecule has 0 radical (unpaired) electrons. The number of nitrogens with zero attached hydrogens (tertiary/aromatic N) is 6. The van der Waals surface area contributed by atoms with E-state index in [-0.39, 0.29) is 36.7 Å². The van der Waals surface area contributed by atoms with E-state index in [1.807, 2.05) is 28.0 Å². The summed E-state index contributed by atoms with van der Waals surface area (Å²) in [5, 5.41) is 12.1. The van der Waals surface area contributed by atoms with Crippen LogP contribution in [0.5, 0.6) is 0 Å². The van der Waals surface area contributed by atoms with Gasteiger partial charge in [0.2, 0.25) is 0 Å². The van der Waals surface area contributed by atoms with Crippen molar-refractivity contribution in [1.82, 2.24) is 24.4 Å². The average molecular weight is 521 g/mol. The van der Waals surface area contributed by atoms with Crippen LogP contribution in [-0.2, 0) is 0 Å². The summed E-state index contributed by atoms with van der Waals surface area (Å²) in [6.45, 7) is 11.5. The van der Waals surface area contributed by atoms with Gasteiger partial charge in [-0.2, -0.15) is 5.10 Å². The van der Waals surface area contributed by atoms with Crippen molar-refractivity contribution in [1.29, 1.82) is 5.41 Å². The molecule has 2 saturated heterocycles. The fraction of sp³-hybridized carbons (Fsp3) is 0.429. The molecule has 0 unspecified atom stereocenters. The number of rotatable bonds is 6. The van der Waals surface area contributed by atoms with E-state index in [1.165, 1.54) is 6.07 Å². The molecule has 1 aromatic carbocycles. The van der Waals surface area contributed by atoms with Gasteiger partial charge in [0.15, 0.2) is 5.65 Å². The van der Waals surface area contributed by atoms with Crippen LogP contribution in [0.1, 0.15) is 34.7 Å². The molecule has 2 aromatic heterocycles. The number of nitrogens with two attached hydrogens (primary N) is 1. The van der Waals surface area contributed by atoms with Crippen LogP contribution in [0, 0.1) is 17.1 Å². The van der Waals surface area contributed by atoms with Crippen molar-refractivity contribution in [2.24, 2.45) is 11.7 Å². The van der Waals surface area contributed by atoms with Crippen molar-refractivity contribution in [2.75, 3.05) is 31.1 Å². The Hall–Kier alpha value is -3.63. The Balaban J connectivity index is 0.000000648. The van der Waals surface area contributed by atoms with Gasteiger partial charge in [-0.05, 0) is 43.1 Å². The third-order valence-electron chi connectivity index (χ3n) is 7.46. The first kappa shape index (κ1) is 26.0.